The van der Waals surface area contributed by atoms with Gasteiger partial charge in [0.25, 0.3) is 0 Å². The summed E-state index contributed by atoms with van der Waals surface area (Å²) in [6.45, 7) is 0. The Hall–Kier alpha value is -3.07. The van der Waals surface area contributed by atoms with Crippen molar-refractivity contribution < 1.29 is 4.74 Å². The van der Waals surface area contributed by atoms with Crippen molar-refractivity contribution in [1.82, 2.24) is 4.57 Å². The topological polar surface area (TPSA) is 26.5 Å². The molecule has 0 bridgehead atoms. The van der Waals surface area contributed by atoms with E-state index in [4.69, 9.17) is 4.74 Å². The highest BCUT2D eigenvalue weighted by Gasteiger charge is 2.07. The molecule has 24 heavy (non-hydrogen) atoms. The number of hydrogen-bond acceptors (Lipinski definition) is 2. The fraction of sp³-hybridized carbons (Fsp3) is 0.0952. The first kappa shape index (κ1) is 14.5. The highest BCUT2D eigenvalue weighted by molar-refractivity contribution is 6.11. The summed E-state index contributed by atoms with van der Waals surface area (Å²) in [5, 5.41) is 5.00. The highest BCUT2D eigenvalue weighted by atomic mass is 16.5. The summed E-state index contributed by atoms with van der Waals surface area (Å²) in [5.74, 6) is 0.838. The van der Waals surface area contributed by atoms with Gasteiger partial charge in [-0.1, -0.05) is 30.3 Å². The first-order chi connectivity index (χ1) is 11.8. The molecule has 0 atom stereocenters. The predicted molar refractivity (Wildman–Crippen MR) is 101 cm³/mol. The quantitative estimate of drug-likeness (QED) is 0.519. The van der Waals surface area contributed by atoms with Gasteiger partial charge in [0.2, 0.25) is 0 Å². The van der Waals surface area contributed by atoms with Crippen LogP contribution in [0, 0.1) is 0 Å². The second-order valence-electron chi connectivity index (χ2n) is 5.77. The average Bonchev–Trinajstić information content (AvgIpc) is 2.90. The van der Waals surface area contributed by atoms with Crippen LogP contribution < -0.4 is 10.1 Å². The lowest BCUT2D eigenvalue weighted by atomic mass is 10.1. The third-order valence-electron chi connectivity index (χ3n) is 4.41. The van der Waals surface area contributed by atoms with E-state index in [9.17, 15) is 0 Å². The lowest BCUT2D eigenvalue weighted by molar-refractivity contribution is 0.415. The van der Waals surface area contributed by atoms with E-state index in [1.807, 2.05) is 30.5 Å². The zero-order chi connectivity index (χ0) is 16.5. The lowest BCUT2D eigenvalue weighted by Crippen LogP contribution is -2.12. The number of methoxy groups -OCH3 is 1. The molecule has 0 radical (unpaired) electrons. The molecule has 1 aromatic heterocycles. The number of ether oxygens (including phenoxy) is 1. The number of hydrogen-bond donors (Lipinski definition) is 0. The van der Waals surface area contributed by atoms with Crippen LogP contribution in [-0.4, -0.2) is 17.9 Å². The summed E-state index contributed by atoms with van der Waals surface area (Å²) in [6.07, 6.45) is 3.93. The zero-order valence-corrected chi connectivity index (χ0v) is 13.7. The van der Waals surface area contributed by atoms with E-state index in [0.29, 0.717) is 0 Å². The van der Waals surface area contributed by atoms with Crippen molar-refractivity contribution in [2.24, 2.45) is 12.0 Å². The molecule has 0 unspecified atom stereocenters. The van der Waals surface area contributed by atoms with Crippen molar-refractivity contribution in [2.45, 2.75) is 0 Å². The van der Waals surface area contributed by atoms with Gasteiger partial charge in [-0.3, -0.25) is 4.99 Å². The maximum Gasteiger partial charge on any atom is 0.119 e. The molecule has 1 heterocycles. The van der Waals surface area contributed by atoms with Crippen molar-refractivity contribution in [2.75, 3.05) is 7.11 Å². The van der Waals surface area contributed by atoms with Crippen molar-refractivity contribution in [3.63, 3.8) is 0 Å². The molecular weight excluding hydrogens is 296 g/mol. The summed E-state index contributed by atoms with van der Waals surface area (Å²) in [7, 11) is 3.76. The van der Waals surface area contributed by atoms with Gasteiger partial charge in [-0.25, -0.2) is 0 Å². The number of benzene rings is 3. The molecule has 0 saturated carbocycles. The van der Waals surface area contributed by atoms with Crippen LogP contribution in [0.25, 0.3) is 27.8 Å². The van der Waals surface area contributed by atoms with Gasteiger partial charge in [0.05, 0.1) is 18.1 Å². The van der Waals surface area contributed by atoms with Crippen LogP contribution in [0.1, 0.15) is 0 Å². The second kappa shape index (κ2) is 5.85. The Kier molecular flexibility index (Phi) is 3.54. The van der Waals surface area contributed by atoms with Crippen LogP contribution >= 0.6 is 0 Å². The molecule has 0 saturated heterocycles. The molecule has 0 N–H and O–H groups in total. The molecule has 0 aliphatic carbocycles. The van der Waals surface area contributed by atoms with Crippen LogP contribution in [0.3, 0.4) is 0 Å². The zero-order valence-electron chi connectivity index (χ0n) is 13.7. The van der Waals surface area contributed by atoms with Crippen LogP contribution in [0.2, 0.25) is 0 Å². The Morgan fingerprint density at radius 2 is 1.71 bits per heavy atom. The van der Waals surface area contributed by atoms with Crippen LogP contribution in [-0.2, 0) is 7.05 Å². The maximum absolute atomic E-state index is 5.17. The standard InChI is InChI=1S/C21H18N2O/c1-23-19(13-14-22-16-9-11-17(24-2)12-10-16)18-7-3-5-15-6-4-8-20(23)21(15)18/h3-14H,1-2H3. The third-order valence-corrected chi connectivity index (χ3v) is 4.41. The Balaban J connectivity index is 1.81. The molecule has 4 rings (SSSR count). The summed E-state index contributed by atoms with van der Waals surface area (Å²) >= 11 is 0. The molecule has 0 amide bonds. The van der Waals surface area contributed by atoms with Gasteiger partial charge in [-0.05, 0) is 41.8 Å². The van der Waals surface area contributed by atoms with Gasteiger partial charge in [0, 0.05) is 29.6 Å². The fourth-order valence-electron chi connectivity index (χ4n) is 3.19. The monoisotopic (exact) mass is 314 g/mol. The number of aromatic nitrogens is 1. The summed E-state index contributed by atoms with van der Waals surface area (Å²) in [5.41, 5.74) is 2.15. The van der Waals surface area contributed by atoms with Crippen LogP contribution in [0.5, 0.6) is 5.75 Å². The molecular formula is C21H18N2O. The van der Waals surface area contributed by atoms with Gasteiger partial charge in [-0.2, -0.15) is 0 Å². The fourth-order valence-corrected chi connectivity index (χ4v) is 3.19. The number of nitrogens with zero attached hydrogens (tertiary/aromatic N) is 2. The minimum Gasteiger partial charge on any atom is -0.497 e. The molecule has 3 heteroatoms. The molecule has 0 spiro atoms. The lowest BCUT2D eigenvalue weighted by Gasteiger charge is -1.98. The maximum atomic E-state index is 5.17. The molecule has 0 fully saturated rings. The van der Waals surface area contributed by atoms with Crippen molar-refractivity contribution >= 4 is 39.7 Å². The predicted octanol–water partition coefficient (Wildman–Crippen LogP) is 4.24. The van der Waals surface area contributed by atoms with Crippen LogP contribution in [0.4, 0.5) is 5.69 Å². The van der Waals surface area contributed by atoms with E-state index < -0.39 is 0 Å². The Morgan fingerprint density at radius 1 is 0.958 bits per heavy atom. The van der Waals surface area contributed by atoms with E-state index >= 15 is 0 Å². The van der Waals surface area contributed by atoms with E-state index in [0.717, 1.165) is 11.4 Å². The molecule has 4 aromatic rings. The molecule has 0 aliphatic rings. The van der Waals surface area contributed by atoms with E-state index in [2.05, 4.69) is 59.1 Å². The van der Waals surface area contributed by atoms with Gasteiger partial charge in [-0.15, -0.1) is 0 Å². The normalized spacial score (nSPS) is 12.7. The van der Waals surface area contributed by atoms with Gasteiger partial charge in [0.1, 0.15) is 5.75 Å². The summed E-state index contributed by atoms with van der Waals surface area (Å²) < 4.78 is 7.39. The van der Waals surface area contributed by atoms with Gasteiger partial charge >= 0.3 is 0 Å². The highest BCUT2D eigenvalue weighted by Crippen LogP contribution is 2.24. The number of aliphatic imine (C=N–C) groups is 1. The second-order valence-corrected chi connectivity index (χ2v) is 5.77. The van der Waals surface area contributed by atoms with Crippen LogP contribution in [0.15, 0.2) is 65.7 Å². The van der Waals surface area contributed by atoms with E-state index in [1.54, 1.807) is 7.11 Å². The average molecular weight is 314 g/mol. The smallest absolute Gasteiger partial charge is 0.119 e. The number of rotatable bonds is 3. The van der Waals surface area contributed by atoms with Crippen molar-refractivity contribution in [3.8, 4) is 5.75 Å². The molecule has 3 nitrogen and oxygen atoms in total. The Morgan fingerprint density at radius 3 is 2.46 bits per heavy atom. The third kappa shape index (κ3) is 2.35. The Labute approximate surface area is 140 Å². The summed E-state index contributed by atoms with van der Waals surface area (Å²) in [4.78, 5) is 4.52. The number of aryl methyl sites for hydroxylation is 1. The minimum atomic E-state index is 0.838. The minimum absolute atomic E-state index is 0.838. The van der Waals surface area contributed by atoms with Crippen molar-refractivity contribution in [3.05, 3.63) is 66.0 Å². The largest absolute Gasteiger partial charge is 0.497 e. The van der Waals surface area contributed by atoms with Gasteiger partial charge < -0.3 is 9.30 Å². The van der Waals surface area contributed by atoms with Crippen molar-refractivity contribution in [1.29, 1.82) is 0 Å². The summed E-state index contributed by atoms with van der Waals surface area (Å²) in [6, 6.07) is 20.6. The molecule has 3 aromatic carbocycles. The van der Waals surface area contributed by atoms with E-state index in [1.165, 1.54) is 27.0 Å². The Bertz CT molecular complexity index is 1080. The molecule has 118 valence electrons. The first-order valence-corrected chi connectivity index (χ1v) is 7.92. The SMILES string of the molecule is COc1ccc(N=CC=c2c3cccc4cccc(c43)n2C)cc1. The van der Waals surface area contributed by atoms with Gasteiger partial charge in [0.15, 0.2) is 0 Å². The van der Waals surface area contributed by atoms with E-state index in [-0.39, 0.29) is 0 Å². The first-order valence-electron chi connectivity index (χ1n) is 7.92. The molecule has 0 aliphatic heterocycles.